The van der Waals surface area contributed by atoms with E-state index in [0.29, 0.717) is 11.4 Å². The van der Waals surface area contributed by atoms with Gasteiger partial charge in [0.05, 0.1) is 22.2 Å². The fraction of sp³-hybridized carbons (Fsp3) is 0.160. The van der Waals surface area contributed by atoms with Gasteiger partial charge < -0.3 is 26.4 Å². The summed E-state index contributed by atoms with van der Waals surface area (Å²) in [5.74, 6) is -2.98. The van der Waals surface area contributed by atoms with E-state index in [-0.39, 0.29) is 21.3 Å². The molecule has 0 radical (unpaired) electrons. The first kappa shape index (κ1) is 27.4. The zero-order chi connectivity index (χ0) is 26.9. The number of benzene rings is 2. The maximum absolute atomic E-state index is 12.8. The van der Waals surface area contributed by atoms with Crippen LogP contribution < -0.4 is 21.3 Å². The minimum atomic E-state index is -1.48. The molecule has 1 atom stereocenters. The lowest BCUT2D eigenvalue weighted by Gasteiger charge is -2.17. The van der Waals surface area contributed by atoms with E-state index >= 15 is 0 Å². The third kappa shape index (κ3) is 7.42. The van der Waals surface area contributed by atoms with Crippen molar-refractivity contribution in [1.29, 1.82) is 0 Å². The Kier molecular flexibility index (Phi) is 9.42. The van der Waals surface area contributed by atoms with Gasteiger partial charge in [0.25, 0.3) is 11.8 Å². The van der Waals surface area contributed by atoms with Crippen molar-refractivity contribution in [3.8, 4) is 11.1 Å². The van der Waals surface area contributed by atoms with Crippen LogP contribution in [-0.4, -0.2) is 60.0 Å². The van der Waals surface area contributed by atoms with Crippen molar-refractivity contribution in [2.45, 2.75) is 6.04 Å². The molecule has 37 heavy (non-hydrogen) atoms. The second-order valence-electron chi connectivity index (χ2n) is 7.69. The molecule has 0 aliphatic rings. The standard InChI is InChI=1S/C25H23Cl2N5O5/c1-28-20-9-5-8-18(31-20)23(34)30-13-21(33)29-12-19(25(36)37)32-24(35)22-16(26)10-15(11-17(22)27)14-6-3-2-4-7-14/h2-11,19H,12-13H2,1H3,(H,28,31)(H,29,33)(H,30,34)(H,32,35)(H,36,37)/t19-/m0/s1. The largest absolute Gasteiger partial charge is 0.480 e. The molecule has 0 aliphatic heterocycles. The average molecular weight is 544 g/mol. The smallest absolute Gasteiger partial charge is 0.328 e. The summed E-state index contributed by atoms with van der Waals surface area (Å²) in [6.07, 6.45) is 0. The van der Waals surface area contributed by atoms with Crippen molar-refractivity contribution in [1.82, 2.24) is 20.9 Å². The van der Waals surface area contributed by atoms with E-state index in [0.717, 1.165) is 5.56 Å². The van der Waals surface area contributed by atoms with Gasteiger partial charge in [-0.1, -0.05) is 59.6 Å². The van der Waals surface area contributed by atoms with E-state index in [2.05, 4.69) is 26.3 Å². The van der Waals surface area contributed by atoms with Crippen molar-refractivity contribution in [3.05, 3.63) is 82.0 Å². The number of hydrogen-bond acceptors (Lipinski definition) is 6. The van der Waals surface area contributed by atoms with Crippen LogP contribution in [0.4, 0.5) is 5.82 Å². The van der Waals surface area contributed by atoms with Gasteiger partial charge in [0, 0.05) is 13.6 Å². The van der Waals surface area contributed by atoms with Gasteiger partial charge in [0.1, 0.15) is 17.6 Å². The molecule has 0 aliphatic carbocycles. The minimum Gasteiger partial charge on any atom is -0.480 e. The van der Waals surface area contributed by atoms with Crippen LogP contribution in [0.2, 0.25) is 10.0 Å². The van der Waals surface area contributed by atoms with Gasteiger partial charge in [0.15, 0.2) is 0 Å². The lowest BCUT2D eigenvalue weighted by Crippen LogP contribution is -2.50. The number of hydrogen-bond donors (Lipinski definition) is 5. The Balaban J connectivity index is 1.59. The summed E-state index contributed by atoms with van der Waals surface area (Å²) in [6, 6.07) is 15.6. The SMILES string of the molecule is CNc1cccc(C(=O)NCC(=O)NC[C@H](NC(=O)c2c(Cl)cc(-c3ccccc3)cc2Cl)C(=O)O)n1. The molecular formula is C25H23Cl2N5O5. The molecule has 0 saturated heterocycles. The Labute approximate surface area is 222 Å². The fourth-order valence-electron chi connectivity index (χ4n) is 3.25. The number of carboxylic acids is 1. The Morgan fingerprint density at radius 3 is 2.19 bits per heavy atom. The maximum atomic E-state index is 12.8. The van der Waals surface area contributed by atoms with Gasteiger partial charge in [0.2, 0.25) is 5.91 Å². The van der Waals surface area contributed by atoms with E-state index in [4.69, 9.17) is 23.2 Å². The molecule has 0 fully saturated rings. The van der Waals surface area contributed by atoms with Crippen LogP contribution in [0.1, 0.15) is 20.8 Å². The molecule has 0 unspecified atom stereocenters. The number of aromatic nitrogens is 1. The summed E-state index contributed by atoms with van der Waals surface area (Å²) in [7, 11) is 1.65. The first-order valence-corrected chi connectivity index (χ1v) is 11.7. The summed E-state index contributed by atoms with van der Waals surface area (Å²) in [4.78, 5) is 52.9. The molecule has 1 aromatic heterocycles. The monoisotopic (exact) mass is 543 g/mol. The normalized spacial score (nSPS) is 11.2. The van der Waals surface area contributed by atoms with Crippen molar-refractivity contribution < 1.29 is 24.3 Å². The van der Waals surface area contributed by atoms with Crippen molar-refractivity contribution in [2.75, 3.05) is 25.5 Å². The van der Waals surface area contributed by atoms with Crippen LogP contribution in [0, 0.1) is 0 Å². The molecule has 0 bridgehead atoms. The average Bonchev–Trinajstić information content (AvgIpc) is 2.89. The number of carbonyl (C=O) groups excluding carboxylic acids is 3. The molecule has 5 N–H and O–H groups in total. The molecule has 1 heterocycles. The van der Waals surface area contributed by atoms with E-state index in [1.54, 1.807) is 31.3 Å². The number of carboxylic acid groups (broad SMARTS) is 1. The van der Waals surface area contributed by atoms with Crippen LogP contribution in [0.5, 0.6) is 0 Å². The van der Waals surface area contributed by atoms with E-state index in [1.165, 1.54) is 6.07 Å². The second kappa shape index (κ2) is 12.7. The number of amides is 3. The molecular weight excluding hydrogens is 521 g/mol. The summed E-state index contributed by atoms with van der Waals surface area (Å²) < 4.78 is 0. The number of halogens is 2. The summed E-state index contributed by atoms with van der Waals surface area (Å²) >= 11 is 12.6. The summed E-state index contributed by atoms with van der Waals surface area (Å²) in [5, 5.41) is 19.4. The molecule has 10 nitrogen and oxygen atoms in total. The first-order valence-electron chi connectivity index (χ1n) is 11.0. The number of carbonyl (C=O) groups is 4. The zero-order valence-electron chi connectivity index (χ0n) is 19.5. The van der Waals surface area contributed by atoms with Crippen LogP contribution >= 0.6 is 23.2 Å². The van der Waals surface area contributed by atoms with Crippen molar-refractivity contribution in [3.63, 3.8) is 0 Å². The molecule has 3 amide bonds. The first-order chi connectivity index (χ1) is 17.7. The molecule has 0 saturated carbocycles. The predicted molar refractivity (Wildman–Crippen MR) is 140 cm³/mol. The lowest BCUT2D eigenvalue weighted by atomic mass is 10.0. The highest BCUT2D eigenvalue weighted by Gasteiger charge is 2.25. The quantitative estimate of drug-likeness (QED) is 0.264. The zero-order valence-corrected chi connectivity index (χ0v) is 21.1. The van der Waals surface area contributed by atoms with Crippen molar-refractivity contribution >= 4 is 52.7 Å². The van der Waals surface area contributed by atoms with Crippen LogP contribution in [-0.2, 0) is 9.59 Å². The van der Waals surface area contributed by atoms with Gasteiger partial charge in [-0.15, -0.1) is 0 Å². The molecule has 12 heteroatoms. The summed E-state index contributed by atoms with van der Waals surface area (Å²) in [6.45, 7) is -0.871. The number of aliphatic carboxylic acids is 1. The predicted octanol–water partition coefficient (Wildman–Crippen LogP) is 2.83. The van der Waals surface area contributed by atoms with E-state index in [1.807, 2.05) is 30.3 Å². The highest BCUT2D eigenvalue weighted by Crippen LogP contribution is 2.31. The Bertz CT molecular complexity index is 1300. The number of pyridine rings is 1. The third-order valence-electron chi connectivity index (χ3n) is 5.13. The van der Waals surface area contributed by atoms with E-state index in [9.17, 15) is 24.3 Å². The van der Waals surface area contributed by atoms with Gasteiger partial charge >= 0.3 is 5.97 Å². The van der Waals surface area contributed by atoms with Gasteiger partial charge in [-0.2, -0.15) is 0 Å². The fourth-order valence-corrected chi connectivity index (χ4v) is 3.91. The number of rotatable bonds is 10. The molecule has 2 aromatic carbocycles. The third-order valence-corrected chi connectivity index (χ3v) is 5.73. The Hall–Kier alpha value is -4.15. The van der Waals surface area contributed by atoms with Gasteiger partial charge in [-0.3, -0.25) is 14.4 Å². The molecule has 3 aromatic rings. The molecule has 192 valence electrons. The minimum absolute atomic E-state index is 0.0377. The number of nitrogens with one attached hydrogen (secondary N) is 4. The van der Waals surface area contributed by atoms with Crippen molar-refractivity contribution in [2.24, 2.45) is 0 Å². The Morgan fingerprint density at radius 2 is 1.57 bits per heavy atom. The maximum Gasteiger partial charge on any atom is 0.328 e. The molecule has 0 spiro atoms. The number of nitrogens with zero attached hydrogens (tertiary/aromatic N) is 1. The van der Waals surface area contributed by atoms with Crippen LogP contribution in [0.25, 0.3) is 11.1 Å². The molecule has 3 rings (SSSR count). The van der Waals surface area contributed by atoms with Gasteiger partial charge in [-0.25, -0.2) is 9.78 Å². The van der Waals surface area contributed by atoms with E-state index < -0.39 is 42.8 Å². The summed E-state index contributed by atoms with van der Waals surface area (Å²) in [5.41, 5.74) is 1.53. The number of anilines is 1. The highest BCUT2D eigenvalue weighted by molar-refractivity contribution is 6.40. The van der Waals surface area contributed by atoms with Crippen LogP contribution in [0.3, 0.4) is 0 Å². The highest BCUT2D eigenvalue weighted by atomic mass is 35.5. The topological polar surface area (TPSA) is 150 Å². The Morgan fingerprint density at radius 1 is 0.892 bits per heavy atom. The van der Waals surface area contributed by atoms with Crippen LogP contribution in [0.15, 0.2) is 60.7 Å². The lowest BCUT2D eigenvalue weighted by molar-refractivity contribution is -0.139. The second-order valence-corrected chi connectivity index (χ2v) is 8.50. The van der Waals surface area contributed by atoms with Gasteiger partial charge in [-0.05, 0) is 35.4 Å².